The van der Waals surface area contributed by atoms with Crippen LogP contribution in [0.2, 0.25) is 0 Å². The highest BCUT2D eigenvalue weighted by Gasteiger charge is 2.26. The summed E-state index contributed by atoms with van der Waals surface area (Å²) in [5.41, 5.74) is -0.447. The summed E-state index contributed by atoms with van der Waals surface area (Å²) in [4.78, 5) is 25.0. The van der Waals surface area contributed by atoms with Crippen molar-refractivity contribution in [2.75, 3.05) is 19.0 Å². The summed E-state index contributed by atoms with van der Waals surface area (Å²) in [6, 6.07) is 0. The number of nitrogens with zero attached hydrogens (tertiary/aromatic N) is 1. The molecule has 1 aliphatic heterocycles. The van der Waals surface area contributed by atoms with E-state index in [-0.39, 0.29) is 23.7 Å². The van der Waals surface area contributed by atoms with Crippen LogP contribution in [-0.4, -0.2) is 41.3 Å². The van der Waals surface area contributed by atoms with Gasteiger partial charge >= 0.3 is 5.97 Å². The lowest BCUT2D eigenvalue weighted by Crippen LogP contribution is -2.41. The lowest BCUT2D eigenvalue weighted by molar-refractivity contribution is -0.157. The molecule has 104 valence electrons. The van der Waals surface area contributed by atoms with Gasteiger partial charge in [0, 0.05) is 13.1 Å². The van der Waals surface area contributed by atoms with Crippen molar-refractivity contribution >= 4 is 23.5 Å². The highest BCUT2D eigenvalue weighted by molar-refractivity contribution is 6.27. The molecule has 18 heavy (non-hydrogen) atoms. The Morgan fingerprint density at radius 2 is 2.06 bits per heavy atom. The van der Waals surface area contributed by atoms with Crippen LogP contribution < -0.4 is 0 Å². The monoisotopic (exact) mass is 275 g/mol. The van der Waals surface area contributed by atoms with E-state index in [1.165, 1.54) is 0 Å². The molecule has 0 N–H and O–H groups in total. The quantitative estimate of drug-likeness (QED) is 0.586. The average molecular weight is 276 g/mol. The molecule has 0 aliphatic carbocycles. The van der Waals surface area contributed by atoms with Gasteiger partial charge in [-0.1, -0.05) is 0 Å². The van der Waals surface area contributed by atoms with E-state index in [1.54, 1.807) is 4.90 Å². The molecule has 1 atom stereocenters. The highest BCUT2D eigenvalue weighted by Crippen LogP contribution is 2.21. The van der Waals surface area contributed by atoms with E-state index in [2.05, 4.69) is 0 Å². The summed E-state index contributed by atoms with van der Waals surface area (Å²) in [6.45, 7) is 6.93. The van der Waals surface area contributed by atoms with Crippen LogP contribution in [0.1, 0.15) is 40.0 Å². The first-order valence-electron chi connectivity index (χ1n) is 6.37. The second kappa shape index (κ2) is 6.41. The van der Waals surface area contributed by atoms with Gasteiger partial charge in [0.1, 0.15) is 11.5 Å². The van der Waals surface area contributed by atoms with Gasteiger partial charge in [-0.2, -0.15) is 0 Å². The van der Waals surface area contributed by atoms with Crippen molar-refractivity contribution in [1.82, 2.24) is 4.90 Å². The molecule has 1 saturated heterocycles. The fourth-order valence-corrected chi connectivity index (χ4v) is 2.33. The third kappa shape index (κ3) is 5.25. The number of esters is 1. The maximum Gasteiger partial charge on any atom is 0.306 e. The third-order valence-corrected chi connectivity index (χ3v) is 3.09. The predicted molar refractivity (Wildman–Crippen MR) is 70.5 cm³/mol. The molecule has 1 fully saturated rings. The number of hydrogen-bond donors (Lipinski definition) is 0. The molecule has 4 nitrogen and oxygen atoms in total. The Kier molecular flexibility index (Phi) is 5.45. The van der Waals surface area contributed by atoms with E-state index >= 15 is 0 Å². The Bertz CT molecular complexity index is 312. The van der Waals surface area contributed by atoms with Crippen LogP contribution in [0.25, 0.3) is 0 Å². The summed E-state index contributed by atoms with van der Waals surface area (Å²) in [7, 11) is 0. The number of hydrogen-bond acceptors (Lipinski definition) is 3. The zero-order valence-corrected chi connectivity index (χ0v) is 12.1. The number of alkyl halides is 1. The molecule has 0 aromatic rings. The molecule has 0 bridgehead atoms. The van der Waals surface area contributed by atoms with Gasteiger partial charge in [-0.05, 0) is 39.5 Å². The van der Waals surface area contributed by atoms with E-state index in [1.807, 2.05) is 20.8 Å². The van der Waals surface area contributed by atoms with Crippen LogP contribution in [0, 0.1) is 5.92 Å². The van der Waals surface area contributed by atoms with Crippen LogP contribution in [0.15, 0.2) is 0 Å². The van der Waals surface area contributed by atoms with Crippen LogP contribution in [0.4, 0.5) is 0 Å². The minimum atomic E-state index is -0.447. The van der Waals surface area contributed by atoms with Crippen LogP contribution in [0.5, 0.6) is 0 Å². The molecule has 1 rings (SSSR count). The molecule has 5 heteroatoms. The zero-order chi connectivity index (χ0) is 13.8. The van der Waals surface area contributed by atoms with Crippen LogP contribution in [0.3, 0.4) is 0 Å². The molecule has 1 aliphatic rings. The standard InChI is InChI=1S/C13H22ClNO3/c1-13(2,3)18-12(17)7-10-5-4-6-15(9-10)11(16)8-14/h10H,4-9H2,1-3H3/t10-/m0/s1. The molecule has 0 aromatic carbocycles. The minimum Gasteiger partial charge on any atom is -0.460 e. The van der Waals surface area contributed by atoms with Crippen molar-refractivity contribution in [2.24, 2.45) is 5.92 Å². The molecule has 1 amide bonds. The van der Waals surface area contributed by atoms with Crippen molar-refractivity contribution in [3.8, 4) is 0 Å². The fraction of sp³-hybridized carbons (Fsp3) is 0.846. The Morgan fingerprint density at radius 3 is 2.61 bits per heavy atom. The smallest absolute Gasteiger partial charge is 0.306 e. The van der Waals surface area contributed by atoms with Crippen LogP contribution in [-0.2, 0) is 14.3 Å². The number of piperidine rings is 1. The van der Waals surface area contributed by atoms with E-state index < -0.39 is 5.60 Å². The molecule has 0 saturated carbocycles. The van der Waals surface area contributed by atoms with Gasteiger partial charge in [-0.15, -0.1) is 11.6 Å². The average Bonchev–Trinajstić information content (AvgIpc) is 2.25. The first-order chi connectivity index (χ1) is 8.31. The Labute approximate surface area is 114 Å². The van der Waals surface area contributed by atoms with Gasteiger partial charge < -0.3 is 9.64 Å². The Hall–Kier alpha value is -0.770. The number of likely N-dealkylation sites (tertiary alicyclic amines) is 1. The molecule has 1 heterocycles. The normalized spacial score (nSPS) is 20.7. The zero-order valence-electron chi connectivity index (χ0n) is 11.4. The Balaban J connectivity index is 2.43. The number of amides is 1. The van der Waals surface area contributed by atoms with Crippen molar-refractivity contribution in [1.29, 1.82) is 0 Å². The summed E-state index contributed by atoms with van der Waals surface area (Å²) in [5, 5.41) is 0. The molecule has 0 spiro atoms. The van der Waals surface area contributed by atoms with E-state index in [9.17, 15) is 9.59 Å². The lowest BCUT2D eigenvalue weighted by Gasteiger charge is -2.32. The van der Waals surface area contributed by atoms with E-state index in [0.717, 1.165) is 19.4 Å². The van der Waals surface area contributed by atoms with Gasteiger partial charge in [0.25, 0.3) is 0 Å². The summed E-state index contributed by atoms with van der Waals surface area (Å²) in [5.74, 6) is -0.0295. The first-order valence-corrected chi connectivity index (χ1v) is 6.91. The van der Waals surface area contributed by atoms with Crippen molar-refractivity contribution in [3.63, 3.8) is 0 Å². The van der Waals surface area contributed by atoms with Gasteiger partial charge in [0.05, 0.1) is 6.42 Å². The third-order valence-electron chi connectivity index (χ3n) is 2.86. The topological polar surface area (TPSA) is 46.6 Å². The van der Waals surface area contributed by atoms with Crippen molar-refractivity contribution in [3.05, 3.63) is 0 Å². The van der Waals surface area contributed by atoms with Gasteiger partial charge in [0.15, 0.2) is 0 Å². The lowest BCUT2D eigenvalue weighted by atomic mass is 9.95. The summed E-state index contributed by atoms with van der Waals surface area (Å²) >= 11 is 5.54. The fourth-order valence-electron chi connectivity index (χ4n) is 2.16. The molecular weight excluding hydrogens is 254 g/mol. The summed E-state index contributed by atoms with van der Waals surface area (Å²) in [6.07, 6.45) is 2.27. The minimum absolute atomic E-state index is 0.0131. The number of rotatable bonds is 3. The predicted octanol–water partition coefficient (Wildman–Crippen LogP) is 2.20. The summed E-state index contributed by atoms with van der Waals surface area (Å²) < 4.78 is 5.29. The molecule has 0 aromatic heterocycles. The van der Waals surface area contributed by atoms with E-state index in [4.69, 9.17) is 16.3 Å². The van der Waals surface area contributed by atoms with E-state index in [0.29, 0.717) is 13.0 Å². The maximum atomic E-state index is 11.7. The number of carbonyl (C=O) groups is 2. The maximum absolute atomic E-state index is 11.7. The molecular formula is C13H22ClNO3. The Morgan fingerprint density at radius 1 is 1.39 bits per heavy atom. The van der Waals surface area contributed by atoms with Crippen molar-refractivity contribution in [2.45, 2.75) is 45.6 Å². The molecule has 0 radical (unpaired) electrons. The molecule has 0 unspecified atom stereocenters. The highest BCUT2D eigenvalue weighted by atomic mass is 35.5. The second-order valence-corrected chi connectivity index (χ2v) is 6.04. The van der Waals surface area contributed by atoms with Gasteiger partial charge in [-0.3, -0.25) is 9.59 Å². The number of ether oxygens (including phenoxy) is 1. The second-order valence-electron chi connectivity index (χ2n) is 5.77. The van der Waals surface area contributed by atoms with Crippen molar-refractivity contribution < 1.29 is 14.3 Å². The van der Waals surface area contributed by atoms with Gasteiger partial charge in [-0.25, -0.2) is 0 Å². The number of carbonyl (C=O) groups excluding carboxylic acids is 2. The van der Waals surface area contributed by atoms with Gasteiger partial charge in [0.2, 0.25) is 5.91 Å². The van der Waals surface area contributed by atoms with Crippen LogP contribution >= 0.6 is 11.6 Å². The number of halogens is 1. The SMILES string of the molecule is CC(C)(C)OC(=O)C[C@@H]1CCCN(C(=O)CCl)C1. The largest absolute Gasteiger partial charge is 0.460 e. The first kappa shape index (κ1) is 15.3.